The molecule has 2 aromatic heterocycles. The summed E-state index contributed by atoms with van der Waals surface area (Å²) in [5.74, 6) is -1.01. The summed E-state index contributed by atoms with van der Waals surface area (Å²) >= 11 is -2.00. The van der Waals surface area contributed by atoms with Gasteiger partial charge in [0.2, 0.25) is 0 Å². The van der Waals surface area contributed by atoms with E-state index in [2.05, 4.69) is 9.97 Å². The summed E-state index contributed by atoms with van der Waals surface area (Å²) in [6.07, 6.45) is 5.96. The first kappa shape index (κ1) is 13.5. The van der Waals surface area contributed by atoms with Crippen LogP contribution in [0.3, 0.4) is 0 Å². The van der Waals surface area contributed by atoms with E-state index >= 15 is 0 Å². The Balaban J connectivity index is 1.81. The second-order valence-corrected chi connectivity index (χ2v) is 4.98. The van der Waals surface area contributed by atoms with Crippen molar-refractivity contribution in [2.75, 3.05) is 0 Å². The zero-order valence-corrected chi connectivity index (χ0v) is 12.5. The fourth-order valence-electron chi connectivity index (χ4n) is 1.19. The summed E-state index contributed by atoms with van der Waals surface area (Å²) in [5.41, 5.74) is 0.770. The summed E-state index contributed by atoms with van der Waals surface area (Å²) in [5, 5.41) is 0. The molecule has 0 aromatic carbocycles. The number of carbonyl (C=O) groups excluding carboxylic acids is 2. The Morgan fingerprint density at radius 2 is 1.16 bits per heavy atom. The third kappa shape index (κ3) is 4.02. The molecular formula is C12H8N2O4Sn. The molecule has 2 rings (SSSR count). The van der Waals surface area contributed by atoms with Crippen molar-refractivity contribution in [2.45, 2.75) is 0 Å². The second-order valence-electron chi connectivity index (χ2n) is 3.33. The summed E-state index contributed by atoms with van der Waals surface area (Å²) < 4.78 is 9.93. The van der Waals surface area contributed by atoms with Crippen LogP contribution in [-0.4, -0.2) is 43.9 Å². The molecule has 2 heterocycles. The summed E-state index contributed by atoms with van der Waals surface area (Å²) in [6.45, 7) is 0. The normalized spacial score (nSPS) is 9.68. The van der Waals surface area contributed by atoms with Crippen LogP contribution in [0.2, 0.25) is 0 Å². The summed E-state index contributed by atoms with van der Waals surface area (Å²) in [7, 11) is 0. The Labute approximate surface area is 120 Å². The molecule has 0 bridgehead atoms. The van der Waals surface area contributed by atoms with E-state index in [1.165, 1.54) is 49.1 Å². The molecule has 2 radical (unpaired) electrons. The Morgan fingerprint density at radius 1 is 0.789 bits per heavy atom. The maximum atomic E-state index is 11.6. The monoisotopic (exact) mass is 364 g/mol. The molecule has 7 heteroatoms. The van der Waals surface area contributed by atoms with Crippen molar-refractivity contribution < 1.29 is 15.7 Å². The number of hydrogen-bond donors (Lipinski definition) is 0. The molecular weight excluding hydrogens is 355 g/mol. The van der Waals surface area contributed by atoms with E-state index in [4.69, 9.17) is 6.15 Å². The first-order chi connectivity index (χ1) is 9.27. The second kappa shape index (κ2) is 6.83. The first-order valence-corrected chi connectivity index (χ1v) is 7.58. The summed E-state index contributed by atoms with van der Waals surface area (Å²) in [6, 6.07) is 6.14. The van der Waals surface area contributed by atoms with Crippen LogP contribution < -0.4 is 0 Å². The van der Waals surface area contributed by atoms with Gasteiger partial charge in [0.05, 0.1) is 0 Å². The zero-order valence-electron chi connectivity index (χ0n) is 9.65. The summed E-state index contributed by atoms with van der Waals surface area (Å²) in [4.78, 5) is 30.7. The SMILES string of the molecule is O=C([O][Sn][O]C(=O)c1ccncc1)c1ccncc1. The molecule has 0 saturated carbocycles. The molecule has 0 aliphatic heterocycles. The number of hydrogen-bond acceptors (Lipinski definition) is 6. The Hall–Kier alpha value is -1.96. The van der Waals surface area contributed by atoms with Gasteiger partial charge in [-0.1, -0.05) is 0 Å². The van der Waals surface area contributed by atoms with Crippen LogP contribution in [0.5, 0.6) is 0 Å². The molecule has 0 amide bonds. The Kier molecular flexibility index (Phi) is 4.84. The predicted octanol–water partition coefficient (Wildman–Crippen LogP) is 1.02. The van der Waals surface area contributed by atoms with E-state index in [0.717, 1.165) is 0 Å². The molecule has 0 atom stereocenters. The van der Waals surface area contributed by atoms with Crippen LogP contribution >= 0.6 is 0 Å². The van der Waals surface area contributed by atoms with Crippen LogP contribution in [0, 0.1) is 0 Å². The number of nitrogens with zero attached hydrogens (tertiary/aromatic N) is 2. The van der Waals surface area contributed by atoms with Crippen LogP contribution in [0.1, 0.15) is 20.7 Å². The van der Waals surface area contributed by atoms with E-state index in [0.29, 0.717) is 11.1 Å². The zero-order chi connectivity index (χ0) is 13.5. The molecule has 2 aromatic rings. The molecule has 0 aliphatic rings. The fourth-order valence-corrected chi connectivity index (χ4v) is 2.41. The van der Waals surface area contributed by atoms with Crippen molar-refractivity contribution in [1.29, 1.82) is 0 Å². The number of aromatic nitrogens is 2. The minimum absolute atomic E-state index is 0.385. The average molecular weight is 363 g/mol. The molecule has 0 fully saturated rings. The predicted molar refractivity (Wildman–Crippen MR) is 65.1 cm³/mol. The standard InChI is InChI=1S/2C6H5NO2.Sn/c2*8-6(9)5-1-3-7-4-2-5;/h2*1-4H,(H,8,9);/q;;+2/p-2. The van der Waals surface area contributed by atoms with Gasteiger partial charge in [-0.3, -0.25) is 0 Å². The minimum atomic E-state index is -2.00. The van der Waals surface area contributed by atoms with Gasteiger partial charge in [-0.15, -0.1) is 0 Å². The van der Waals surface area contributed by atoms with Gasteiger partial charge in [0.25, 0.3) is 0 Å². The molecule has 0 aliphatic carbocycles. The van der Waals surface area contributed by atoms with E-state index in [9.17, 15) is 9.59 Å². The van der Waals surface area contributed by atoms with Gasteiger partial charge in [-0.25, -0.2) is 0 Å². The van der Waals surface area contributed by atoms with Crippen molar-refractivity contribution in [3.05, 3.63) is 60.2 Å². The molecule has 94 valence electrons. The maximum absolute atomic E-state index is 11.6. The van der Waals surface area contributed by atoms with E-state index in [-0.39, 0.29) is 0 Å². The van der Waals surface area contributed by atoms with Crippen molar-refractivity contribution in [3.63, 3.8) is 0 Å². The van der Waals surface area contributed by atoms with Gasteiger partial charge in [0.15, 0.2) is 0 Å². The van der Waals surface area contributed by atoms with Crippen LogP contribution in [-0.2, 0) is 6.15 Å². The van der Waals surface area contributed by atoms with Crippen molar-refractivity contribution >= 4 is 33.9 Å². The number of carbonyl (C=O) groups is 2. The van der Waals surface area contributed by atoms with E-state index in [1.54, 1.807) is 0 Å². The van der Waals surface area contributed by atoms with Gasteiger partial charge in [-0.05, 0) is 0 Å². The molecule has 0 N–H and O–H groups in total. The van der Waals surface area contributed by atoms with Crippen LogP contribution in [0.4, 0.5) is 0 Å². The fraction of sp³-hybridized carbons (Fsp3) is 0. The van der Waals surface area contributed by atoms with Gasteiger partial charge in [-0.2, -0.15) is 0 Å². The molecule has 0 spiro atoms. The Bertz CT molecular complexity index is 511. The molecule has 6 nitrogen and oxygen atoms in total. The number of rotatable bonds is 4. The third-order valence-electron chi connectivity index (χ3n) is 2.10. The van der Waals surface area contributed by atoms with Gasteiger partial charge in [0.1, 0.15) is 0 Å². The average Bonchev–Trinajstić information content (AvgIpc) is 2.49. The van der Waals surface area contributed by atoms with Crippen LogP contribution in [0.25, 0.3) is 0 Å². The van der Waals surface area contributed by atoms with Gasteiger partial charge in [0, 0.05) is 0 Å². The van der Waals surface area contributed by atoms with E-state index < -0.39 is 33.9 Å². The van der Waals surface area contributed by atoms with Crippen LogP contribution in [0.15, 0.2) is 49.1 Å². The number of pyridine rings is 2. The van der Waals surface area contributed by atoms with E-state index in [1.807, 2.05) is 0 Å². The third-order valence-corrected chi connectivity index (χ3v) is 3.63. The van der Waals surface area contributed by atoms with Gasteiger partial charge < -0.3 is 0 Å². The molecule has 19 heavy (non-hydrogen) atoms. The molecule has 0 saturated heterocycles. The van der Waals surface area contributed by atoms with Crippen molar-refractivity contribution in [2.24, 2.45) is 0 Å². The first-order valence-electron chi connectivity index (χ1n) is 5.25. The molecule has 0 unspecified atom stereocenters. The Morgan fingerprint density at radius 3 is 1.53 bits per heavy atom. The van der Waals surface area contributed by atoms with Crippen molar-refractivity contribution in [3.8, 4) is 0 Å². The van der Waals surface area contributed by atoms with Gasteiger partial charge >= 0.3 is 120 Å². The van der Waals surface area contributed by atoms with Crippen molar-refractivity contribution in [1.82, 2.24) is 9.97 Å². The quantitative estimate of drug-likeness (QED) is 0.756. The topological polar surface area (TPSA) is 78.4 Å².